The molecule has 2 heterocycles. The van der Waals surface area contributed by atoms with Crippen LogP contribution in [-0.2, 0) is 6.42 Å². The average molecular weight is 364 g/mol. The summed E-state index contributed by atoms with van der Waals surface area (Å²) in [5.41, 5.74) is 1.48. The van der Waals surface area contributed by atoms with Gasteiger partial charge in [-0.3, -0.25) is 0 Å². The second kappa shape index (κ2) is 6.91. The molecule has 1 saturated heterocycles. The van der Waals surface area contributed by atoms with E-state index in [1.807, 2.05) is 19.1 Å². The molecule has 1 N–H and O–H groups in total. The summed E-state index contributed by atoms with van der Waals surface area (Å²) in [6.07, 6.45) is 1.05. The number of fused-ring (bicyclic) bond motifs is 1. The van der Waals surface area contributed by atoms with Gasteiger partial charge in [-0.15, -0.1) is 0 Å². The zero-order chi connectivity index (χ0) is 18.2. The Kier molecular flexibility index (Phi) is 5.01. The maximum absolute atomic E-state index is 14.4. The van der Waals surface area contributed by atoms with Gasteiger partial charge in [0.15, 0.2) is 0 Å². The summed E-state index contributed by atoms with van der Waals surface area (Å²) in [7, 11) is 0.276. The maximum Gasteiger partial charge on any atom is 0.280 e. The lowest BCUT2D eigenvalue weighted by Crippen LogP contribution is -2.53. The minimum Gasteiger partial charge on any atom is -0.589 e. The number of likely N-dealkylation sites (tertiary alicyclic amines) is 1. The van der Waals surface area contributed by atoms with Crippen LogP contribution in [0, 0.1) is 11.8 Å². The van der Waals surface area contributed by atoms with Gasteiger partial charge in [0.2, 0.25) is 9.58 Å². The van der Waals surface area contributed by atoms with Crippen LogP contribution in [0.25, 0.3) is 10.1 Å². The molecule has 0 spiro atoms. The molecular formula is C19H22F2N2OS. The first-order chi connectivity index (χ1) is 11.9. The van der Waals surface area contributed by atoms with Gasteiger partial charge in [0.1, 0.15) is 0 Å². The Morgan fingerprint density at radius 2 is 2.20 bits per heavy atom. The Bertz CT molecular complexity index is 850. The van der Waals surface area contributed by atoms with E-state index >= 15 is 0 Å². The fourth-order valence-electron chi connectivity index (χ4n) is 3.49. The third-order valence-electron chi connectivity index (χ3n) is 4.70. The van der Waals surface area contributed by atoms with Gasteiger partial charge >= 0.3 is 0 Å². The molecular weight excluding hydrogens is 342 g/mol. The molecule has 1 aliphatic rings. The molecule has 2 aromatic rings. The van der Waals surface area contributed by atoms with E-state index in [9.17, 15) is 13.3 Å². The average Bonchev–Trinajstić information content (AvgIpc) is 2.83. The molecule has 134 valence electrons. The van der Waals surface area contributed by atoms with Crippen LogP contribution in [0.2, 0.25) is 0 Å². The van der Waals surface area contributed by atoms with Crippen LogP contribution >= 0.6 is 10.8 Å². The highest BCUT2D eigenvalue weighted by Gasteiger charge is 2.44. The van der Waals surface area contributed by atoms with Gasteiger partial charge in [-0.2, -0.15) is 0 Å². The topological polar surface area (TPSA) is 38.3 Å². The molecule has 1 fully saturated rings. The molecule has 1 aliphatic heterocycles. The van der Waals surface area contributed by atoms with Gasteiger partial charge in [0.25, 0.3) is 5.92 Å². The van der Waals surface area contributed by atoms with Crippen molar-refractivity contribution in [2.75, 3.05) is 25.5 Å². The standard InChI is InChI=1S/C19H22F2N2OS/c1-4-7-16-13(5-2)14-8-6-9-15(18(14)25(16)24)22-17-10-11-23(3)12-19(17,20)21/h6,8-9,17,22H,5,10-12H2,1-3H3. The largest absolute Gasteiger partial charge is 0.589 e. The SMILES string of the molecule is CC#Cc1c(CC)c2cccc(NC3CCN(C)CC3(F)F)c2[s+]1[O-]. The highest BCUT2D eigenvalue weighted by molar-refractivity contribution is 7.32. The first kappa shape index (κ1) is 18.1. The number of rotatable bonds is 3. The predicted molar refractivity (Wildman–Crippen MR) is 99.0 cm³/mol. The van der Waals surface area contributed by atoms with E-state index in [-0.39, 0.29) is 6.54 Å². The summed E-state index contributed by atoms with van der Waals surface area (Å²) >= 11 is 0. The molecule has 1 aromatic heterocycles. The van der Waals surface area contributed by atoms with Gasteiger partial charge in [0, 0.05) is 17.5 Å². The number of aryl methyl sites for hydroxylation is 1. The molecule has 0 saturated carbocycles. The Balaban J connectivity index is 2.07. The van der Waals surface area contributed by atoms with Crippen LogP contribution in [0.1, 0.15) is 30.7 Å². The molecule has 0 aliphatic carbocycles. The fourth-order valence-corrected chi connectivity index (χ4v) is 5.08. The van der Waals surface area contributed by atoms with Crippen LogP contribution in [0.15, 0.2) is 18.2 Å². The highest BCUT2D eigenvalue weighted by Crippen LogP contribution is 2.43. The minimum atomic E-state index is -2.83. The molecule has 0 bridgehead atoms. The van der Waals surface area contributed by atoms with Crippen LogP contribution < -0.4 is 5.32 Å². The smallest absolute Gasteiger partial charge is 0.280 e. The van der Waals surface area contributed by atoms with E-state index in [1.165, 1.54) is 0 Å². The zero-order valence-electron chi connectivity index (χ0n) is 14.7. The number of alkyl halides is 2. The first-order valence-corrected chi connectivity index (χ1v) is 9.58. The summed E-state index contributed by atoms with van der Waals surface area (Å²) in [6.45, 7) is 4.03. The normalized spacial score (nSPS) is 21.0. The number of nitrogens with zero attached hydrogens (tertiary/aromatic N) is 1. The third kappa shape index (κ3) is 3.24. The summed E-state index contributed by atoms with van der Waals surface area (Å²) in [4.78, 5) is 2.24. The summed E-state index contributed by atoms with van der Waals surface area (Å²) in [6, 6.07) is 4.50. The quantitative estimate of drug-likeness (QED) is 0.653. The lowest BCUT2D eigenvalue weighted by atomic mass is 10.0. The first-order valence-electron chi connectivity index (χ1n) is 8.43. The number of nitrogens with one attached hydrogen (secondary N) is 1. The number of halogens is 2. The number of piperidine rings is 1. The van der Waals surface area contributed by atoms with Crippen molar-refractivity contribution in [3.05, 3.63) is 28.6 Å². The van der Waals surface area contributed by atoms with E-state index in [2.05, 4.69) is 17.2 Å². The number of thiophene rings is 1. The lowest BCUT2D eigenvalue weighted by Gasteiger charge is -2.37. The summed E-state index contributed by atoms with van der Waals surface area (Å²) in [5, 5.41) is 3.85. The van der Waals surface area contributed by atoms with Gasteiger partial charge in [-0.1, -0.05) is 18.9 Å². The molecule has 25 heavy (non-hydrogen) atoms. The molecule has 0 radical (unpaired) electrons. The molecule has 2 unspecified atom stereocenters. The van der Waals surface area contributed by atoms with Crippen LogP contribution in [0.3, 0.4) is 0 Å². The maximum atomic E-state index is 14.4. The zero-order valence-corrected chi connectivity index (χ0v) is 15.5. The Labute approximate surface area is 149 Å². The van der Waals surface area contributed by atoms with Gasteiger partial charge in [-0.05, 0) is 55.6 Å². The Morgan fingerprint density at radius 1 is 1.44 bits per heavy atom. The number of benzene rings is 1. The van der Waals surface area contributed by atoms with Crippen molar-refractivity contribution >= 4 is 26.5 Å². The number of hydrogen-bond donors (Lipinski definition) is 1. The van der Waals surface area contributed by atoms with Crippen molar-refractivity contribution < 1.29 is 13.3 Å². The van der Waals surface area contributed by atoms with Crippen LogP contribution in [0.4, 0.5) is 14.5 Å². The third-order valence-corrected chi connectivity index (χ3v) is 6.23. The Morgan fingerprint density at radius 3 is 2.84 bits per heavy atom. The van der Waals surface area contributed by atoms with Crippen molar-refractivity contribution in [3.63, 3.8) is 0 Å². The van der Waals surface area contributed by atoms with E-state index < -0.39 is 22.7 Å². The molecule has 3 rings (SSSR count). The Hall–Kier alpha value is -1.68. The van der Waals surface area contributed by atoms with Crippen molar-refractivity contribution in [1.29, 1.82) is 0 Å². The fraction of sp³-hybridized carbons (Fsp3) is 0.474. The highest BCUT2D eigenvalue weighted by atomic mass is 32.2. The van der Waals surface area contributed by atoms with Crippen molar-refractivity contribution in [3.8, 4) is 11.8 Å². The summed E-state index contributed by atoms with van der Waals surface area (Å²) in [5.74, 6) is 2.92. The molecule has 1 aromatic carbocycles. The van der Waals surface area contributed by atoms with Gasteiger partial charge in [-0.25, -0.2) is 8.78 Å². The van der Waals surface area contributed by atoms with Crippen molar-refractivity contribution in [2.45, 2.75) is 38.7 Å². The van der Waals surface area contributed by atoms with E-state index in [4.69, 9.17) is 0 Å². The van der Waals surface area contributed by atoms with Crippen LogP contribution in [0.5, 0.6) is 0 Å². The number of hydrogen-bond acceptors (Lipinski definition) is 3. The second-order valence-electron chi connectivity index (χ2n) is 6.47. The number of anilines is 1. The summed E-state index contributed by atoms with van der Waals surface area (Å²) < 4.78 is 42.3. The monoisotopic (exact) mass is 364 g/mol. The van der Waals surface area contributed by atoms with Crippen LogP contribution in [-0.4, -0.2) is 41.6 Å². The van der Waals surface area contributed by atoms with Gasteiger partial charge < -0.3 is 14.8 Å². The van der Waals surface area contributed by atoms with E-state index in [0.29, 0.717) is 34.7 Å². The molecule has 2 atom stereocenters. The van der Waals surface area contributed by atoms with Gasteiger partial charge in [0.05, 0.1) is 18.3 Å². The van der Waals surface area contributed by atoms with E-state index in [0.717, 1.165) is 10.9 Å². The molecule has 3 nitrogen and oxygen atoms in total. The van der Waals surface area contributed by atoms with Crippen molar-refractivity contribution in [1.82, 2.24) is 4.90 Å². The van der Waals surface area contributed by atoms with E-state index in [1.54, 1.807) is 24.9 Å². The lowest BCUT2D eigenvalue weighted by molar-refractivity contribution is -0.0672. The molecule has 0 amide bonds. The minimum absolute atomic E-state index is 0.270. The van der Waals surface area contributed by atoms with Crippen molar-refractivity contribution in [2.24, 2.45) is 0 Å². The predicted octanol–water partition coefficient (Wildman–Crippen LogP) is 4.25. The molecule has 6 heteroatoms. The second-order valence-corrected chi connectivity index (χ2v) is 7.83.